The maximum atomic E-state index is 11.3. The van der Waals surface area contributed by atoms with Gasteiger partial charge in [-0.05, 0) is 20.1 Å². The Labute approximate surface area is 96.5 Å². The number of hydrogen-bond donors (Lipinski definition) is 2. The smallest absolute Gasteiger partial charge is 0.234 e. The summed E-state index contributed by atoms with van der Waals surface area (Å²) >= 11 is 1.75. The molecular weight excluding hydrogens is 212 g/mol. The molecule has 0 saturated heterocycles. The van der Waals surface area contributed by atoms with Gasteiger partial charge in [-0.3, -0.25) is 4.79 Å². The molecule has 0 saturated carbocycles. The first-order chi connectivity index (χ1) is 7.02. The zero-order valence-corrected chi connectivity index (χ0v) is 10.9. The number of hydrogen-bond acceptors (Lipinski definition) is 4. The van der Waals surface area contributed by atoms with E-state index in [-0.39, 0.29) is 10.7 Å². The lowest BCUT2D eigenvalue weighted by molar-refractivity contribution is -0.120. The van der Waals surface area contributed by atoms with Crippen molar-refractivity contribution in [3.05, 3.63) is 0 Å². The Morgan fingerprint density at radius 3 is 2.67 bits per heavy atom. The first-order valence-corrected chi connectivity index (χ1v) is 6.26. The van der Waals surface area contributed by atoms with E-state index in [1.165, 1.54) is 0 Å². The Balaban J connectivity index is 3.49. The van der Waals surface area contributed by atoms with Gasteiger partial charge < -0.3 is 15.4 Å². The molecule has 90 valence electrons. The molecule has 0 fully saturated rings. The van der Waals surface area contributed by atoms with Crippen molar-refractivity contribution in [2.24, 2.45) is 0 Å². The molecule has 0 heterocycles. The minimum atomic E-state index is 0.0354. The average molecular weight is 234 g/mol. The molecule has 0 aliphatic rings. The summed E-state index contributed by atoms with van der Waals surface area (Å²) in [5.41, 5.74) is 0. The van der Waals surface area contributed by atoms with Gasteiger partial charge in [0.15, 0.2) is 0 Å². The maximum Gasteiger partial charge on any atom is 0.234 e. The fourth-order valence-corrected chi connectivity index (χ4v) is 1.04. The first kappa shape index (κ1) is 14.7. The van der Waals surface area contributed by atoms with Crippen molar-refractivity contribution in [1.29, 1.82) is 0 Å². The van der Waals surface area contributed by atoms with Crippen molar-refractivity contribution in [2.75, 3.05) is 39.6 Å². The van der Waals surface area contributed by atoms with E-state index in [9.17, 15) is 4.79 Å². The molecule has 4 nitrogen and oxygen atoms in total. The minimum absolute atomic E-state index is 0.0354. The zero-order valence-electron chi connectivity index (χ0n) is 10.1. The average Bonchev–Trinajstić information content (AvgIpc) is 2.22. The van der Waals surface area contributed by atoms with E-state index in [0.29, 0.717) is 26.2 Å². The molecule has 0 unspecified atom stereocenters. The third-order valence-corrected chi connectivity index (χ3v) is 3.28. The van der Waals surface area contributed by atoms with Gasteiger partial charge in [0.2, 0.25) is 5.91 Å². The Morgan fingerprint density at radius 2 is 2.13 bits per heavy atom. The van der Waals surface area contributed by atoms with Crippen LogP contribution in [0.25, 0.3) is 0 Å². The highest BCUT2D eigenvalue weighted by Gasteiger charge is 2.16. The molecule has 0 aromatic rings. The number of carbonyl (C=O) groups is 1. The molecule has 1 amide bonds. The molecule has 0 aliphatic carbocycles. The number of methoxy groups -OCH3 is 1. The Morgan fingerprint density at radius 1 is 1.47 bits per heavy atom. The second kappa shape index (κ2) is 7.96. The third kappa shape index (κ3) is 8.72. The monoisotopic (exact) mass is 234 g/mol. The molecule has 0 radical (unpaired) electrons. The normalized spacial score (nSPS) is 11.5. The molecule has 0 atom stereocenters. The van der Waals surface area contributed by atoms with Crippen molar-refractivity contribution in [3.63, 3.8) is 0 Å². The highest BCUT2D eigenvalue weighted by Crippen LogP contribution is 2.19. The van der Waals surface area contributed by atoms with E-state index in [0.717, 1.165) is 0 Å². The van der Waals surface area contributed by atoms with Crippen LogP contribution in [0.3, 0.4) is 0 Å². The van der Waals surface area contributed by atoms with Gasteiger partial charge in [0, 0.05) is 24.9 Å². The first-order valence-electron chi connectivity index (χ1n) is 5.03. The van der Waals surface area contributed by atoms with Crippen LogP contribution in [0.2, 0.25) is 0 Å². The van der Waals surface area contributed by atoms with E-state index >= 15 is 0 Å². The second-order valence-electron chi connectivity index (χ2n) is 3.91. The fourth-order valence-electron chi connectivity index (χ4n) is 0.822. The molecule has 0 aromatic carbocycles. The molecule has 5 heteroatoms. The standard InChI is InChI=1S/C10H22N2O2S/c1-10(2,15-4)8-12-9(13)7-11-5-6-14-3/h11H,5-8H2,1-4H3,(H,12,13). The number of thioether (sulfide) groups is 1. The lowest BCUT2D eigenvalue weighted by Crippen LogP contribution is -2.41. The van der Waals surface area contributed by atoms with Gasteiger partial charge in [0.05, 0.1) is 13.2 Å². The highest BCUT2D eigenvalue weighted by atomic mass is 32.2. The quantitative estimate of drug-likeness (QED) is 0.600. The lowest BCUT2D eigenvalue weighted by Gasteiger charge is -2.22. The van der Waals surface area contributed by atoms with Crippen LogP contribution in [0.1, 0.15) is 13.8 Å². The van der Waals surface area contributed by atoms with Crippen LogP contribution in [0, 0.1) is 0 Å². The van der Waals surface area contributed by atoms with Crippen molar-refractivity contribution < 1.29 is 9.53 Å². The largest absolute Gasteiger partial charge is 0.383 e. The second-order valence-corrected chi connectivity index (χ2v) is 5.42. The van der Waals surface area contributed by atoms with Crippen LogP contribution < -0.4 is 10.6 Å². The third-order valence-electron chi connectivity index (χ3n) is 2.03. The summed E-state index contributed by atoms with van der Waals surface area (Å²) in [4.78, 5) is 11.3. The van der Waals surface area contributed by atoms with Crippen LogP contribution >= 0.6 is 11.8 Å². The van der Waals surface area contributed by atoms with Gasteiger partial charge in [-0.2, -0.15) is 11.8 Å². The number of amides is 1. The van der Waals surface area contributed by atoms with E-state index in [1.54, 1.807) is 18.9 Å². The molecule has 0 rings (SSSR count). The SMILES string of the molecule is COCCNCC(=O)NCC(C)(C)SC. The molecule has 0 spiro atoms. The fraction of sp³-hybridized carbons (Fsp3) is 0.900. The Bertz CT molecular complexity index is 186. The highest BCUT2D eigenvalue weighted by molar-refractivity contribution is 7.99. The van der Waals surface area contributed by atoms with E-state index in [1.807, 2.05) is 6.26 Å². The van der Waals surface area contributed by atoms with Crippen LogP contribution in [0.15, 0.2) is 0 Å². The summed E-state index contributed by atoms with van der Waals surface area (Å²) in [6, 6.07) is 0. The topological polar surface area (TPSA) is 50.4 Å². The van der Waals surface area contributed by atoms with Crippen molar-refractivity contribution in [1.82, 2.24) is 10.6 Å². The van der Waals surface area contributed by atoms with Crippen LogP contribution in [-0.2, 0) is 9.53 Å². The van der Waals surface area contributed by atoms with Gasteiger partial charge in [-0.1, -0.05) is 0 Å². The van der Waals surface area contributed by atoms with Gasteiger partial charge in [-0.15, -0.1) is 0 Å². The van der Waals surface area contributed by atoms with Crippen LogP contribution in [-0.4, -0.2) is 50.3 Å². The van der Waals surface area contributed by atoms with Crippen LogP contribution in [0.4, 0.5) is 0 Å². The Kier molecular flexibility index (Phi) is 7.82. The van der Waals surface area contributed by atoms with Crippen molar-refractivity contribution in [2.45, 2.75) is 18.6 Å². The summed E-state index contributed by atoms with van der Waals surface area (Å²) in [6.07, 6.45) is 2.04. The summed E-state index contributed by atoms with van der Waals surface area (Å²) in [6.45, 7) is 6.60. The molecule has 2 N–H and O–H groups in total. The molecule has 0 bridgehead atoms. The van der Waals surface area contributed by atoms with Gasteiger partial charge in [0.25, 0.3) is 0 Å². The number of ether oxygens (including phenoxy) is 1. The van der Waals surface area contributed by atoms with Crippen LogP contribution in [0.5, 0.6) is 0 Å². The van der Waals surface area contributed by atoms with Gasteiger partial charge in [0.1, 0.15) is 0 Å². The predicted octanol–water partition coefficient (Wildman–Crippen LogP) is 0.480. The predicted molar refractivity (Wildman–Crippen MR) is 65.3 cm³/mol. The summed E-state index contributed by atoms with van der Waals surface area (Å²) in [5, 5.41) is 5.88. The molecule has 15 heavy (non-hydrogen) atoms. The minimum Gasteiger partial charge on any atom is -0.383 e. The Hall–Kier alpha value is -0.260. The van der Waals surface area contributed by atoms with E-state index in [4.69, 9.17) is 4.74 Å². The van der Waals surface area contributed by atoms with E-state index < -0.39 is 0 Å². The zero-order chi connectivity index (χ0) is 11.7. The molecular formula is C10H22N2O2S. The number of rotatable bonds is 8. The summed E-state index contributed by atoms with van der Waals surface area (Å²) in [7, 11) is 1.64. The summed E-state index contributed by atoms with van der Waals surface area (Å²) in [5.74, 6) is 0.0354. The molecule has 0 aromatic heterocycles. The van der Waals surface area contributed by atoms with Gasteiger partial charge >= 0.3 is 0 Å². The van der Waals surface area contributed by atoms with Crippen molar-refractivity contribution >= 4 is 17.7 Å². The number of nitrogens with one attached hydrogen (secondary N) is 2. The molecule has 0 aliphatic heterocycles. The van der Waals surface area contributed by atoms with E-state index in [2.05, 4.69) is 24.5 Å². The number of carbonyl (C=O) groups excluding carboxylic acids is 1. The van der Waals surface area contributed by atoms with Crippen molar-refractivity contribution in [3.8, 4) is 0 Å². The lowest BCUT2D eigenvalue weighted by atomic mass is 10.2. The summed E-state index contributed by atoms with van der Waals surface area (Å²) < 4.78 is 4.96. The maximum absolute atomic E-state index is 11.3. The van der Waals surface area contributed by atoms with Gasteiger partial charge in [-0.25, -0.2) is 0 Å².